The summed E-state index contributed by atoms with van der Waals surface area (Å²) in [5, 5.41) is 0. The highest BCUT2D eigenvalue weighted by atomic mass is 32.3. The van der Waals surface area contributed by atoms with Crippen molar-refractivity contribution in [3.63, 3.8) is 0 Å². The predicted molar refractivity (Wildman–Crippen MR) is 45.2 cm³/mol. The minimum Gasteiger partial charge on any atom is -0.193 e. The van der Waals surface area contributed by atoms with Crippen molar-refractivity contribution in [2.24, 2.45) is 0 Å². The standard InChI is InChI=1S/C4H10F3NS.C2H6/c1-3-8(4-2)9(5,6)7;1-2/h3-4H2,1-2H3;1-2H3. The molecule has 11 heavy (non-hydrogen) atoms. The van der Waals surface area contributed by atoms with Crippen molar-refractivity contribution in [1.29, 1.82) is 0 Å². The van der Waals surface area contributed by atoms with Crippen LogP contribution in [0, 0.1) is 0 Å². The molecule has 0 aromatic heterocycles. The summed E-state index contributed by atoms with van der Waals surface area (Å²) >= 11 is -4.93. The molecule has 1 nitrogen and oxygen atoms in total. The highest BCUT2D eigenvalue weighted by molar-refractivity contribution is 8.18. The Morgan fingerprint density at radius 3 is 1.27 bits per heavy atom. The van der Waals surface area contributed by atoms with Gasteiger partial charge in [-0.25, -0.2) is 0 Å². The van der Waals surface area contributed by atoms with E-state index in [0.717, 1.165) is 0 Å². The molecule has 0 spiro atoms. The summed E-state index contributed by atoms with van der Waals surface area (Å²) in [5.41, 5.74) is 0. The Labute approximate surface area is 68.9 Å². The van der Waals surface area contributed by atoms with E-state index in [4.69, 9.17) is 0 Å². The van der Waals surface area contributed by atoms with Gasteiger partial charge in [-0.2, -0.15) is 4.31 Å². The van der Waals surface area contributed by atoms with Gasteiger partial charge in [-0.15, -0.1) is 11.7 Å². The van der Waals surface area contributed by atoms with E-state index in [2.05, 4.69) is 0 Å². The summed E-state index contributed by atoms with van der Waals surface area (Å²) < 4.78 is 35.7. The molecule has 5 heteroatoms. The number of nitrogens with zero attached hydrogens (tertiary/aromatic N) is 1. The van der Waals surface area contributed by atoms with Gasteiger partial charge in [0.05, 0.1) is 0 Å². The van der Waals surface area contributed by atoms with Crippen LogP contribution in [-0.4, -0.2) is 17.4 Å². The molecule has 0 bridgehead atoms. The lowest BCUT2D eigenvalue weighted by molar-refractivity contribution is 0.416. The molecule has 0 N–H and O–H groups in total. The molecule has 0 atom stereocenters. The minimum atomic E-state index is -4.93. The first kappa shape index (κ1) is 13.7. The van der Waals surface area contributed by atoms with Crippen molar-refractivity contribution < 1.29 is 11.7 Å². The van der Waals surface area contributed by atoms with Crippen LogP contribution < -0.4 is 0 Å². The average Bonchev–Trinajstić information content (AvgIpc) is 1.92. The molecule has 72 valence electrons. The third-order valence-electron chi connectivity index (χ3n) is 0.998. The molecule has 0 aliphatic heterocycles. The maximum atomic E-state index is 11.7. The van der Waals surface area contributed by atoms with Crippen molar-refractivity contribution in [2.45, 2.75) is 27.7 Å². The molecule has 0 aliphatic carbocycles. The van der Waals surface area contributed by atoms with Crippen LogP contribution in [0.5, 0.6) is 0 Å². The van der Waals surface area contributed by atoms with Gasteiger partial charge in [0.15, 0.2) is 0 Å². The van der Waals surface area contributed by atoms with E-state index < -0.39 is 11.4 Å². The monoisotopic (exact) mass is 191 g/mol. The Kier molecular flexibility index (Phi) is 8.44. The molecule has 0 unspecified atom stereocenters. The van der Waals surface area contributed by atoms with E-state index in [1.807, 2.05) is 13.8 Å². The van der Waals surface area contributed by atoms with Gasteiger partial charge in [0.25, 0.3) is 11.4 Å². The zero-order valence-electron chi connectivity index (χ0n) is 7.40. The summed E-state index contributed by atoms with van der Waals surface area (Å²) in [4.78, 5) is 0. The van der Waals surface area contributed by atoms with Gasteiger partial charge in [-0.05, 0) is 0 Å². The molecule has 0 fully saturated rings. The summed E-state index contributed by atoms with van der Waals surface area (Å²) in [6.45, 7) is 7.14. The number of hydrogen-bond acceptors (Lipinski definition) is 1. The maximum absolute atomic E-state index is 11.7. The Morgan fingerprint density at radius 2 is 1.27 bits per heavy atom. The first-order chi connectivity index (χ1) is 5.02. The van der Waals surface area contributed by atoms with Crippen molar-refractivity contribution in [1.82, 2.24) is 4.31 Å². The molecule has 0 saturated heterocycles. The summed E-state index contributed by atoms with van der Waals surface area (Å²) in [6.07, 6.45) is 0. The molecule has 0 aliphatic rings. The fourth-order valence-electron chi connectivity index (χ4n) is 0.516. The molecule has 0 aromatic rings. The Hall–Kier alpha value is 0.100. The number of hydrogen-bond donors (Lipinski definition) is 0. The SMILES string of the molecule is CC.CCN(CC)S(F)(F)F. The Morgan fingerprint density at radius 1 is 1.00 bits per heavy atom. The first-order valence-electron chi connectivity index (χ1n) is 3.69. The van der Waals surface area contributed by atoms with Crippen molar-refractivity contribution in [2.75, 3.05) is 13.1 Å². The van der Waals surface area contributed by atoms with Crippen LogP contribution in [0.3, 0.4) is 0 Å². The van der Waals surface area contributed by atoms with Gasteiger partial charge in [0, 0.05) is 13.1 Å². The Bertz CT molecular complexity index is 80.4. The first-order valence-corrected chi connectivity index (χ1v) is 4.98. The lowest BCUT2D eigenvalue weighted by Crippen LogP contribution is -2.19. The quantitative estimate of drug-likeness (QED) is 0.657. The fourth-order valence-corrected chi connectivity index (χ4v) is 1.10. The average molecular weight is 191 g/mol. The zero-order chi connectivity index (χ0) is 9.49. The maximum Gasteiger partial charge on any atom is 0.278 e. The van der Waals surface area contributed by atoms with Crippen LogP contribution in [0.25, 0.3) is 0 Å². The molecular formula is C6H16F3NS. The highest BCUT2D eigenvalue weighted by Gasteiger charge is 2.27. The van der Waals surface area contributed by atoms with E-state index >= 15 is 0 Å². The van der Waals surface area contributed by atoms with E-state index in [0.29, 0.717) is 4.31 Å². The van der Waals surface area contributed by atoms with E-state index in [-0.39, 0.29) is 13.1 Å². The normalized spacial score (nSPS) is 12.4. The van der Waals surface area contributed by atoms with Gasteiger partial charge >= 0.3 is 0 Å². The topological polar surface area (TPSA) is 3.24 Å². The van der Waals surface area contributed by atoms with Crippen molar-refractivity contribution in [3.05, 3.63) is 0 Å². The van der Waals surface area contributed by atoms with E-state index in [9.17, 15) is 11.7 Å². The molecule has 0 aromatic carbocycles. The van der Waals surface area contributed by atoms with Crippen molar-refractivity contribution in [3.8, 4) is 0 Å². The number of halogens is 3. The third-order valence-corrected chi connectivity index (χ3v) is 2.10. The highest BCUT2D eigenvalue weighted by Crippen LogP contribution is 2.55. The lowest BCUT2D eigenvalue weighted by Gasteiger charge is -2.23. The van der Waals surface area contributed by atoms with E-state index in [1.54, 1.807) is 0 Å². The summed E-state index contributed by atoms with van der Waals surface area (Å²) in [7, 11) is 0. The molecule has 0 radical (unpaired) electrons. The second kappa shape index (κ2) is 6.79. The molecular weight excluding hydrogens is 175 g/mol. The molecule has 0 saturated carbocycles. The van der Waals surface area contributed by atoms with Crippen LogP contribution in [0.1, 0.15) is 27.7 Å². The Balaban J connectivity index is 0. The molecule has 0 amide bonds. The second-order valence-corrected chi connectivity index (χ2v) is 2.78. The largest absolute Gasteiger partial charge is 0.278 e. The van der Waals surface area contributed by atoms with Crippen LogP contribution >= 0.6 is 11.4 Å². The molecule has 0 heterocycles. The van der Waals surface area contributed by atoms with Crippen LogP contribution in [0.4, 0.5) is 11.7 Å². The zero-order valence-corrected chi connectivity index (χ0v) is 8.22. The van der Waals surface area contributed by atoms with Gasteiger partial charge in [-0.1, -0.05) is 27.7 Å². The van der Waals surface area contributed by atoms with E-state index in [1.165, 1.54) is 13.8 Å². The van der Waals surface area contributed by atoms with Gasteiger partial charge in [0.2, 0.25) is 0 Å². The van der Waals surface area contributed by atoms with Crippen molar-refractivity contribution >= 4 is 11.4 Å². The van der Waals surface area contributed by atoms with Gasteiger partial charge in [-0.3, -0.25) is 0 Å². The summed E-state index contributed by atoms with van der Waals surface area (Å²) in [5.74, 6) is 0. The smallest absolute Gasteiger partial charge is 0.193 e. The third kappa shape index (κ3) is 6.50. The molecule has 0 rings (SSSR count). The van der Waals surface area contributed by atoms with Gasteiger partial charge < -0.3 is 0 Å². The summed E-state index contributed by atoms with van der Waals surface area (Å²) in [6, 6.07) is 0. The van der Waals surface area contributed by atoms with Crippen LogP contribution in [-0.2, 0) is 0 Å². The van der Waals surface area contributed by atoms with Crippen LogP contribution in [0.2, 0.25) is 0 Å². The van der Waals surface area contributed by atoms with Gasteiger partial charge in [0.1, 0.15) is 0 Å². The fraction of sp³-hybridized carbons (Fsp3) is 1.00. The lowest BCUT2D eigenvalue weighted by atomic mass is 10.7. The van der Waals surface area contributed by atoms with Crippen LogP contribution in [0.15, 0.2) is 0 Å². The number of rotatable bonds is 3. The minimum absolute atomic E-state index is 0.0648. The predicted octanol–water partition coefficient (Wildman–Crippen LogP) is 3.73. The second-order valence-electron chi connectivity index (χ2n) is 1.50.